The standard InChI is InChI=1S/C35H46N4O4/c1-3-5-7-9-11-15-21-38-24-29(32(40)36-34(38)42)31(28-20-19-26-17-13-14-18-27(26)23-28)30-25-39(35(43)37-33(30)41)22-16-12-10-8-6-4-2/h13-14,17-20,23-25,31H,3-12,15-16,21-22H2,1-2H3,(H,36,40,42)(H,37,41,43). The minimum absolute atomic E-state index is 0.302. The van der Waals surface area contributed by atoms with Crippen LogP contribution >= 0.6 is 0 Å². The van der Waals surface area contributed by atoms with E-state index in [0.717, 1.165) is 54.9 Å². The number of benzene rings is 2. The van der Waals surface area contributed by atoms with E-state index >= 15 is 0 Å². The lowest BCUT2D eigenvalue weighted by Crippen LogP contribution is -2.36. The molecule has 2 heterocycles. The third-order valence-corrected chi connectivity index (χ3v) is 8.31. The topological polar surface area (TPSA) is 110 Å². The Morgan fingerprint density at radius 2 is 1.05 bits per heavy atom. The van der Waals surface area contributed by atoms with Gasteiger partial charge in [0.05, 0.1) is 0 Å². The largest absolute Gasteiger partial charge is 0.328 e. The van der Waals surface area contributed by atoms with E-state index in [4.69, 9.17) is 0 Å². The molecule has 0 aliphatic carbocycles. The molecule has 4 rings (SSSR count). The van der Waals surface area contributed by atoms with Gasteiger partial charge < -0.3 is 9.13 Å². The lowest BCUT2D eigenvalue weighted by molar-refractivity contribution is 0.536. The molecule has 2 N–H and O–H groups in total. The molecule has 43 heavy (non-hydrogen) atoms. The minimum atomic E-state index is -0.773. The first-order valence-electron chi connectivity index (χ1n) is 16.1. The van der Waals surface area contributed by atoms with Crippen LogP contribution in [0.3, 0.4) is 0 Å². The Morgan fingerprint density at radius 3 is 1.56 bits per heavy atom. The highest BCUT2D eigenvalue weighted by Gasteiger charge is 2.25. The molecule has 0 unspecified atom stereocenters. The SMILES string of the molecule is CCCCCCCCn1cc(C(c2ccc3ccccc3c2)c2cn(CCCCCCCC)c(=O)[nH]c2=O)c(=O)[nH]c1=O. The summed E-state index contributed by atoms with van der Waals surface area (Å²) in [6.07, 6.45) is 16.1. The summed E-state index contributed by atoms with van der Waals surface area (Å²) in [4.78, 5) is 57.4. The van der Waals surface area contributed by atoms with Crippen molar-refractivity contribution in [3.05, 3.63) is 113 Å². The number of hydrogen-bond donors (Lipinski definition) is 2. The zero-order valence-electron chi connectivity index (χ0n) is 25.7. The van der Waals surface area contributed by atoms with Crippen molar-refractivity contribution >= 4 is 10.8 Å². The van der Waals surface area contributed by atoms with Crippen molar-refractivity contribution in [1.29, 1.82) is 0 Å². The number of aryl methyl sites for hydroxylation is 2. The van der Waals surface area contributed by atoms with E-state index in [1.165, 1.54) is 38.5 Å². The molecule has 8 heteroatoms. The number of nitrogens with zero attached hydrogens (tertiary/aromatic N) is 2. The van der Waals surface area contributed by atoms with Crippen molar-refractivity contribution in [2.24, 2.45) is 0 Å². The van der Waals surface area contributed by atoms with Gasteiger partial charge in [-0.1, -0.05) is 121 Å². The molecule has 2 aromatic carbocycles. The van der Waals surface area contributed by atoms with Crippen molar-refractivity contribution < 1.29 is 0 Å². The molecule has 2 aromatic heterocycles. The molecule has 0 spiro atoms. The number of fused-ring (bicyclic) bond motifs is 1. The van der Waals surface area contributed by atoms with Gasteiger partial charge in [-0.05, 0) is 29.2 Å². The van der Waals surface area contributed by atoms with Gasteiger partial charge in [-0.15, -0.1) is 0 Å². The average Bonchev–Trinajstić information content (AvgIpc) is 3.00. The van der Waals surface area contributed by atoms with E-state index in [-0.39, 0.29) is 0 Å². The van der Waals surface area contributed by atoms with Crippen LogP contribution in [0.2, 0.25) is 0 Å². The van der Waals surface area contributed by atoms with Crippen LogP contribution < -0.4 is 22.5 Å². The number of rotatable bonds is 17. The predicted octanol–water partition coefficient (Wildman–Crippen LogP) is 6.44. The maximum absolute atomic E-state index is 13.4. The minimum Gasteiger partial charge on any atom is -0.300 e. The Bertz CT molecular complexity index is 1620. The number of unbranched alkanes of at least 4 members (excludes halogenated alkanes) is 10. The number of aromatic nitrogens is 4. The van der Waals surface area contributed by atoms with Gasteiger partial charge in [0.1, 0.15) is 0 Å². The highest BCUT2D eigenvalue weighted by molar-refractivity contribution is 5.83. The van der Waals surface area contributed by atoms with Crippen molar-refractivity contribution in [2.75, 3.05) is 0 Å². The maximum Gasteiger partial charge on any atom is 0.328 e. The Hall–Kier alpha value is -3.94. The summed E-state index contributed by atoms with van der Waals surface area (Å²) in [7, 11) is 0. The average molecular weight is 587 g/mol. The molecule has 0 amide bonds. The summed E-state index contributed by atoms with van der Waals surface area (Å²) in [5.74, 6) is -0.773. The second-order valence-electron chi connectivity index (χ2n) is 11.6. The van der Waals surface area contributed by atoms with Gasteiger partial charge in [0.2, 0.25) is 0 Å². The van der Waals surface area contributed by atoms with Crippen molar-refractivity contribution in [1.82, 2.24) is 19.1 Å². The fraction of sp³-hybridized carbons (Fsp3) is 0.486. The molecule has 0 aliphatic heterocycles. The van der Waals surface area contributed by atoms with Crippen LogP contribution in [0.1, 0.15) is 114 Å². The van der Waals surface area contributed by atoms with Crippen LogP contribution in [0.4, 0.5) is 0 Å². The van der Waals surface area contributed by atoms with Gasteiger partial charge in [-0.3, -0.25) is 19.6 Å². The van der Waals surface area contributed by atoms with Gasteiger partial charge >= 0.3 is 11.4 Å². The first kappa shape index (κ1) is 32.0. The number of aromatic amines is 2. The molecule has 0 radical (unpaired) electrons. The summed E-state index contributed by atoms with van der Waals surface area (Å²) in [5, 5.41) is 2.01. The molecule has 0 saturated carbocycles. The molecule has 0 saturated heterocycles. The van der Waals surface area contributed by atoms with Crippen LogP contribution in [-0.4, -0.2) is 19.1 Å². The Kier molecular flexibility index (Phi) is 11.9. The third-order valence-electron chi connectivity index (χ3n) is 8.31. The van der Waals surface area contributed by atoms with Crippen LogP contribution in [0.25, 0.3) is 10.8 Å². The Labute approximate surface area is 252 Å². The van der Waals surface area contributed by atoms with Crippen molar-refractivity contribution in [3.8, 4) is 0 Å². The van der Waals surface area contributed by atoms with Crippen LogP contribution in [0.5, 0.6) is 0 Å². The summed E-state index contributed by atoms with van der Waals surface area (Å²) in [5.41, 5.74) is -0.634. The lowest BCUT2D eigenvalue weighted by atomic mass is 9.86. The van der Waals surface area contributed by atoms with Gasteiger partial charge in [0.15, 0.2) is 0 Å². The maximum atomic E-state index is 13.4. The molecule has 0 bridgehead atoms. The first-order valence-corrected chi connectivity index (χ1v) is 16.1. The fourth-order valence-electron chi connectivity index (χ4n) is 5.83. The van der Waals surface area contributed by atoms with E-state index in [0.29, 0.717) is 24.2 Å². The van der Waals surface area contributed by atoms with E-state index < -0.39 is 28.4 Å². The summed E-state index contributed by atoms with van der Waals surface area (Å²) >= 11 is 0. The van der Waals surface area contributed by atoms with Crippen LogP contribution in [0, 0.1) is 0 Å². The summed E-state index contributed by atoms with van der Waals surface area (Å²) in [6, 6.07) is 13.8. The molecule has 8 nitrogen and oxygen atoms in total. The highest BCUT2D eigenvalue weighted by Crippen LogP contribution is 2.30. The van der Waals surface area contributed by atoms with Crippen molar-refractivity contribution in [3.63, 3.8) is 0 Å². The molecule has 4 aromatic rings. The Morgan fingerprint density at radius 1 is 0.581 bits per heavy atom. The number of H-pyrrole nitrogens is 2. The molecular formula is C35H46N4O4. The molecule has 0 aliphatic rings. The number of hydrogen-bond acceptors (Lipinski definition) is 4. The van der Waals surface area contributed by atoms with E-state index in [1.54, 1.807) is 21.5 Å². The lowest BCUT2D eigenvalue weighted by Gasteiger charge is -2.20. The van der Waals surface area contributed by atoms with Gasteiger partial charge in [-0.2, -0.15) is 0 Å². The molecular weight excluding hydrogens is 540 g/mol. The second-order valence-corrected chi connectivity index (χ2v) is 11.6. The van der Waals surface area contributed by atoms with E-state index in [9.17, 15) is 19.2 Å². The van der Waals surface area contributed by atoms with Crippen LogP contribution in [-0.2, 0) is 13.1 Å². The molecule has 230 valence electrons. The van der Waals surface area contributed by atoms with Gasteiger partial charge in [0.25, 0.3) is 11.1 Å². The van der Waals surface area contributed by atoms with Gasteiger partial charge in [-0.25, -0.2) is 9.59 Å². The quantitative estimate of drug-likeness (QED) is 0.139. The fourth-order valence-corrected chi connectivity index (χ4v) is 5.83. The Balaban J connectivity index is 1.74. The normalized spacial score (nSPS) is 11.5. The van der Waals surface area contributed by atoms with E-state index in [1.807, 2.05) is 42.5 Å². The molecule has 0 fully saturated rings. The number of nitrogens with one attached hydrogen (secondary N) is 2. The monoisotopic (exact) mass is 586 g/mol. The van der Waals surface area contributed by atoms with E-state index in [2.05, 4.69) is 23.8 Å². The van der Waals surface area contributed by atoms with Gasteiger partial charge in [0, 0.05) is 42.5 Å². The predicted molar refractivity (Wildman–Crippen MR) is 174 cm³/mol. The zero-order chi connectivity index (χ0) is 30.6. The first-order chi connectivity index (χ1) is 20.9. The van der Waals surface area contributed by atoms with Crippen LogP contribution in [0.15, 0.2) is 74.0 Å². The second kappa shape index (κ2) is 16.1. The highest BCUT2D eigenvalue weighted by atomic mass is 16.2. The van der Waals surface area contributed by atoms with Crippen molar-refractivity contribution in [2.45, 2.75) is 110 Å². The third kappa shape index (κ3) is 8.55. The summed E-state index contributed by atoms with van der Waals surface area (Å²) < 4.78 is 3.09. The zero-order valence-corrected chi connectivity index (χ0v) is 25.7. The molecule has 0 atom stereocenters. The smallest absolute Gasteiger partial charge is 0.300 e. The summed E-state index contributed by atoms with van der Waals surface area (Å²) in [6.45, 7) is 5.32.